The zero-order valence-corrected chi connectivity index (χ0v) is 17.0. The summed E-state index contributed by atoms with van der Waals surface area (Å²) < 4.78 is 6.03. The fraction of sp³-hybridized carbons (Fsp3) is 0.941. The van der Waals surface area contributed by atoms with Crippen LogP contribution in [-0.2, 0) is 4.74 Å². The van der Waals surface area contributed by atoms with Crippen LogP contribution in [0.25, 0.3) is 0 Å². The molecule has 6 heteroatoms. The lowest BCUT2D eigenvalue weighted by molar-refractivity contribution is -0.0433. The lowest BCUT2D eigenvalue weighted by Crippen LogP contribution is -2.49. The molecule has 0 bridgehead atoms. The molecule has 0 saturated carbocycles. The first-order valence-electron chi connectivity index (χ1n) is 9.15. The van der Waals surface area contributed by atoms with Crippen LogP contribution in [0, 0.1) is 5.92 Å². The van der Waals surface area contributed by atoms with Crippen LogP contribution in [0.4, 0.5) is 0 Å². The minimum Gasteiger partial charge on any atom is -0.373 e. The molecular formula is C17H33IN4O. The van der Waals surface area contributed by atoms with Gasteiger partial charge in [0.1, 0.15) is 0 Å². The molecule has 3 fully saturated rings. The van der Waals surface area contributed by atoms with Crippen LogP contribution in [0.3, 0.4) is 0 Å². The third kappa shape index (κ3) is 5.19. The van der Waals surface area contributed by atoms with Gasteiger partial charge in [0.15, 0.2) is 5.96 Å². The zero-order chi connectivity index (χ0) is 15.4. The van der Waals surface area contributed by atoms with E-state index in [0.717, 1.165) is 51.2 Å². The van der Waals surface area contributed by atoms with Crippen molar-refractivity contribution in [2.45, 2.75) is 51.7 Å². The highest BCUT2D eigenvalue weighted by atomic mass is 127. The first-order valence-corrected chi connectivity index (χ1v) is 9.15. The maximum atomic E-state index is 6.03. The fourth-order valence-corrected chi connectivity index (χ4v) is 3.99. The molecule has 0 aromatic carbocycles. The van der Waals surface area contributed by atoms with Crippen molar-refractivity contribution in [1.82, 2.24) is 15.1 Å². The maximum Gasteiger partial charge on any atom is 0.194 e. The summed E-state index contributed by atoms with van der Waals surface area (Å²) in [6.45, 7) is 11.7. The number of guanidine groups is 1. The van der Waals surface area contributed by atoms with Crippen molar-refractivity contribution in [2.24, 2.45) is 10.9 Å². The van der Waals surface area contributed by atoms with Crippen LogP contribution in [0.5, 0.6) is 0 Å². The Kier molecular flexibility index (Phi) is 7.88. The Morgan fingerprint density at radius 3 is 2.83 bits per heavy atom. The van der Waals surface area contributed by atoms with Gasteiger partial charge in [-0.2, -0.15) is 0 Å². The Balaban J connectivity index is 0.00000192. The number of ether oxygens (including phenoxy) is 1. The molecule has 3 unspecified atom stereocenters. The van der Waals surface area contributed by atoms with Gasteiger partial charge in [0.25, 0.3) is 0 Å². The SMILES string of the molecule is CCNC(=NCC1CN2CCCC2CO1)N1CCCC(C)C1.I. The molecular weight excluding hydrogens is 403 g/mol. The third-order valence-electron chi connectivity index (χ3n) is 5.20. The molecule has 134 valence electrons. The van der Waals surface area contributed by atoms with E-state index in [1.807, 2.05) is 0 Å². The molecule has 0 amide bonds. The lowest BCUT2D eigenvalue weighted by atomic mass is 10.0. The Bertz CT molecular complexity index is 393. The number of hydrogen-bond donors (Lipinski definition) is 1. The van der Waals surface area contributed by atoms with Crippen molar-refractivity contribution in [2.75, 3.05) is 45.9 Å². The molecule has 1 N–H and O–H groups in total. The van der Waals surface area contributed by atoms with E-state index in [9.17, 15) is 0 Å². The number of likely N-dealkylation sites (tertiary alicyclic amines) is 1. The minimum absolute atomic E-state index is 0. The highest BCUT2D eigenvalue weighted by Crippen LogP contribution is 2.22. The van der Waals surface area contributed by atoms with Crippen LogP contribution in [0.1, 0.15) is 39.5 Å². The van der Waals surface area contributed by atoms with Crippen molar-refractivity contribution in [3.63, 3.8) is 0 Å². The number of nitrogens with one attached hydrogen (secondary N) is 1. The Hall–Kier alpha value is -0.0800. The standard InChI is InChI=1S/C17H32N4O.HI/c1-3-18-17(21-9-4-6-14(2)11-21)19-10-16-12-20-8-5-7-15(20)13-22-16;/h14-16H,3-13H2,1-2H3,(H,18,19);1H. The number of rotatable bonds is 3. The molecule has 0 aliphatic carbocycles. The van der Waals surface area contributed by atoms with Gasteiger partial charge in [0.2, 0.25) is 0 Å². The Labute approximate surface area is 158 Å². The molecule has 5 nitrogen and oxygen atoms in total. The largest absolute Gasteiger partial charge is 0.373 e. The molecule has 3 saturated heterocycles. The van der Waals surface area contributed by atoms with E-state index in [4.69, 9.17) is 9.73 Å². The van der Waals surface area contributed by atoms with Gasteiger partial charge in [-0.05, 0) is 45.1 Å². The third-order valence-corrected chi connectivity index (χ3v) is 5.20. The molecule has 0 spiro atoms. The van der Waals surface area contributed by atoms with Crippen LogP contribution < -0.4 is 5.32 Å². The number of fused-ring (bicyclic) bond motifs is 1. The second kappa shape index (κ2) is 9.42. The second-order valence-corrected chi connectivity index (χ2v) is 7.13. The van der Waals surface area contributed by atoms with Gasteiger partial charge in [-0.1, -0.05) is 6.92 Å². The molecule has 3 aliphatic rings. The molecule has 3 atom stereocenters. The Morgan fingerprint density at radius 2 is 2.04 bits per heavy atom. The summed E-state index contributed by atoms with van der Waals surface area (Å²) in [6, 6.07) is 0.677. The Morgan fingerprint density at radius 1 is 1.22 bits per heavy atom. The maximum absolute atomic E-state index is 6.03. The van der Waals surface area contributed by atoms with Crippen molar-refractivity contribution in [3.8, 4) is 0 Å². The quantitative estimate of drug-likeness (QED) is 0.418. The van der Waals surface area contributed by atoms with Crippen LogP contribution in [0.15, 0.2) is 4.99 Å². The summed E-state index contributed by atoms with van der Waals surface area (Å²) in [7, 11) is 0. The van der Waals surface area contributed by atoms with E-state index in [-0.39, 0.29) is 30.1 Å². The molecule has 0 aromatic heterocycles. The van der Waals surface area contributed by atoms with E-state index in [0.29, 0.717) is 6.04 Å². The van der Waals surface area contributed by atoms with Gasteiger partial charge >= 0.3 is 0 Å². The summed E-state index contributed by atoms with van der Waals surface area (Å²) in [6.07, 6.45) is 5.53. The number of nitrogens with zero attached hydrogens (tertiary/aromatic N) is 3. The van der Waals surface area contributed by atoms with Gasteiger partial charge in [0.05, 0.1) is 19.3 Å². The van der Waals surface area contributed by atoms with Crippen LogP contribution in [-0.4, -0.2) is 73.8 Å². The molecule has 23 heavy (non-hydrogen) atoms. The van der Waals surface area contributed by atoms with E-state index in [1.165, 1.54) is 32.2 Å². The van der Waals surface area contributed by atoms with Crippen LogP contribution in [0.2, 0.25) is 0 Å². The van der Waals surface area contributed by atoms with Gasteiger partial charge in [-0.3, -0.25) is 9.89 Å². The summed E-state index contributed by atoms with van der Waals surface area (Å²) >= 11 is 0. The lowest BCUT2D eigenvalue weighted by Gasteiger charge is -2.36. The van der Waals surface area contributed by atoms with Gasteiger partial charge in [-0.15, -0.1) is 24.0 Å². The van der Waals surface area contributed by atoms with E-state index in [2.05, 4.69) is 29.0 Å². The molecule has 3 rings (SSSR count). The predicted octanol–water partition coefficient (Wildman–Crippen LogP) is 2.17. The average Bonchev–Trinajstić information content (AvgIpc) is 2.99. The van der Waals surface area contributed by atoms with Crippen molar-refractivity contribution in [3.05, 3.63) is 0 Å². The minimum atomic E-state index is 0. The fourth-order valence-electron chi connectivity index (χ4n) is 3.99. The predicted molar refractivity (Wildman–Crippen MR) is 106 cm³/mol. The van der Waals surface area contributed by atoms with E-state index in [1.54, 1.807) is 0 Å². The van der Waals surface area contributed by atoms with Crippen molar-refractivity contribution >= 4 is 29.9 Å². The first kappa shape index (κ1) is 19.2. The molecule has 0 radical (unpaired) electrons. The molecule has 0 aromatic rings. The second-order valence-electron chi connectivity index (χ2n) is 7.13. The summed E-state index contributed by atoms with van der Waals surface area (Å²) in [5.41, 5.74) is 0. The summed E-state index contributed by atoms with van der Waals surface area (Å²) in [4.78, 5) is 9.92. The number of piperidine rings is 1. The van der Waals surface area contributed by atoms with Gasteiger partial charge in [0, 0.05) is 32.2 Å². The number of aliphatic imine (C=N–C) groups is 1. The normalized spacial score (nSPS) is 32.3. The summed E-state index contributed by atoms with van der Waals surface area (Å²) in [5.74, 6) is 1.86. The van der Waals surface area contributed by atoms with Crippen molar-refractivity contribution in [1.29, 1.82) is 0 Å². The van der Waals surface area contributed by atoms with Crippen molar-refractivity contribution < 1.29 is 4.74 Å². The van der Waals surface area contributed by atoms with Gasteiger partial charge in [-0.25, -0.2) is 0 Å². The first-order chi connectivity index (χ1) is 10.8. The van der Waals surface area contributed by atoms with E-state index < -0.39 is 0 Å². The number of halogens is 1. The average molecular weight is 436 g/mol. The smallest absolute Gasteiger partial charge is 0.194 e. The molecule has 3 aliphatic heterocycles. The number of hydrogen-bond acceptors (Lipinski definition) is 3. The number of morpholine rings is 1. The van der Waals surface area contributed by atoms with E-state index >= 15 is 0 Å². The zero-order valence-electron chi connectivity index (χ0n) is 14.7. The monoisotopic (exact) mass is 436 g/mol. The topological polar surface area (TPSA) is 40.1 Å². The van der Waals surface area contributed by atoms with Crippen LogP contribution >= 0.6 is 24.0 Å². The van der Waals surface area contributed by atoms with Gasteiger partial charge < -0.3 is 15.0 Å². The molecule has 3 heterocycles. The highest BCUT2D eigenvalue weighted by Gasteiger charge is 2.32. The summed E-state index contributed by atoms with van der Waals surface area (Å²) in [5, 5.41) is 3.47. The highest BCUT2D eigenvalue weighted by molar-refractivity contribution is 14.0.